The summed E-state index contributed by atoms with van der Waals surface area (Å²) >= 11 is 0. The standard InChI is InChI=1S/C15H17FN2O/c1-10-7-8-15(19)14(18-10)9-17-11(2)12-5-3-4-6-13(12)16/h3-8,11,17,19H,9H2,1-2H3/t11-/m1/s1. The van der Waals surface area contributed by atoms with E-state index in [0.29, 0.717) is 17.8 Å². The van der Waals surface area contributed by atoms with Gasteiger partial charge in [-0.3, -0.25) is 4.98 Å². The lowest BCUT2D eigenvalue weighted by atomic mass is 10.1. The summed E-state index contributed by atoms with van der Waals surface area (Å²) in [7, 11) is 0. The van der Waals surface area contributed by atoms with Gasteiger partial charge in [0.25, 0.3) is 0 Å². The molecule has 0 saturated heterocycles. The van der Waals surface area contributed by atoms with Gasteiger partial charge in [-0.25, -0.2) is 4.39 Å². The molecule has 19 heavy (non-hydrogen) atoms. The van der Waals surface area contributed by atoms with E-state index in [-0.39, 0.29) is 17.6 Å². The monoisotopic (exact) mass is 260 g/mol. The zero-order valence-corrected chi connectivity index (χ0v) is 11.0. The Morgan fingerprint density at radius 3 is 2.74 bits per heavy atom. The molecule has 0 aliphatic carbocycles. The van der Waals surface area contributed by atoms with Crippen LogP contribution < -0.4 is 5.32 Å². The van der Waals surface area contributed by atoms with E-state index < -0.39 is 0 Å². The Labute approximate surface area is 112 Å². The molecule has 0 spiro atoms. The number of nitrogens with zero attached hydrogens (tertiary/aromatic N) is 1. The van der Waals surface area contributed by atoms with Gasteiger partial charge in [0.15, 0.2) is 0 Å². The normalized spacial score (nSPS) is 12.4. The molecule has 1 aromatic heterocycles. The number of rotatable bonds is 4. The molecule has 2 rings (SSSR count). The van der Waals surface area contributed by atoms with E-state index >= 15 is 0 Å². The maximum Gasteiger partial charge on any atom is 0.138 e. The van der Waals surface area contributed by atoms with Crippen molar-refractivity contribution >= 4 is 0 Å². The Morgan fingerprint density at radius 1 is 1.26 bits per heavy atom. The zero-order chi connectivity index (χ0) is 13.8. The molecule has 3 nitrogen and oxygen atoms in total. The number of aromatic hydroxyl groups is 1. The van der Waals surface area contributed by atoms with Gasteiger partial charge < -0.3 is 10.4 Å². The van der Waals surface area contributed by atoms with Gasteiger partial charge in [0.05, 0.1) is 5.69 Å². The molecule has 0 bridgehead atoms. The number of halogens is 1. The predicted octanol–water partition coefficient (Wildman–Crippen LogP) is 3.09. The van der Waals surface area contributed by atoms with Crippen molar-refractivity contribution < 1.29 is 9.50 Å². The first kappa shape index (κ1) is 13.5. The largest absolute Gasteiger partial charge is 0.506 e. The summed E-state index contributed by atoms with van der Waals surface area (Å²) < 4.78 is 13.6. The SMILES string of the molecule is Cc1ccc(O)c(CN[C@H](C)c2ccccc2F)n1. The van der Waals surface area contributed by atoms with Gasteiger partial charge in [-0.05, 0) is 32.0 Å². The fraction of sp³-hybridized carbons (Fsp3) is 0.267. The van der Waals surface area contributed by atoms with Crippen LogP contribution in [0.15, 0.2) is 36.4 Å². The summed E-state index contributed by atoms with van der Waals surface area (Å²) in [5.41, 5.74) is 2.02. The van der Waals surface area contributed by atoms with Crippen LogP contribution >= 0.6 is 0 Å². The third-order valence-electron chi connectivity index (χ3n) is 3.04. The first-order valence-corrected chi connectivity index (χ1v) is 6.21. The fourth-order valence-electron chi connectivity index (χ4n) is 1.92. The zero-order valence-electron chi connectivity index (χ0n) is 11.0. The first-order valence-electron chi connectivity index (χ1n) is 6.21. The van der Waals surface area contributed by atoms with Crippen molar-refractivity contribution in [1.29, 1.82) is 0 Å². The average Bonchev–Trinajstić information content (AvgIpc) is 2.40. The molecule has 0 saturated carbocycles. The van der Waals surface area contributed by atoms with Crippen molar-refractivity contribution in [3.05, 3.63) is 59.2 Å². The Morgan fingerprint density at radius 2 is 2.00 bits per heavy atom. The van der Waals surface area contributed by atoms with E-state index in [0.717, 1.165) is 5.69 Å². The summed E-state index contributed by atoms with van der Waals surface area (Å²) in [4.78, 5) is 4.25. The molecule has 1 atom stereocenters. The van der Waals surface area contributed by atoms with E-state index in [4.69, 9.17) is 0 Å². The van der Waals surface area contributed by atoms with E-state index in [2.05, 4.69) is 10.3 Å². The lowest BCUT2D eigenvalue weighted by Crippen LogP contribution is -2.20. The van der Waals surface area contributed by atoms with Crippen LogP contribution in [0, 0.1) is 12.7 Å². The van der Waals surface area contributed by atoms with Crippen molar-refractivity contribution in [3.63, 3.8) is 0 Å². The minimum Gasteiger partial charge on any atom is -0.506 e. The van der Waals surface area contributed by atoms with Gasteiger partial charge in [-0.2, -0.15) is 0 Å². The van der Waals surface area contributed by atoms with Gasteiger partial charge in [0, 0.05) is 23.8 Å². The van der Waals surface area contributed by atoms with Crippen molar-refractivity contribution in [3.8, 4) is 5.75 Å². The molecule has 0 radical (unpaired) electrons. The lowest BCUT2D eigenvalue weighted by Gasteiger charge is -2.15. The van der Waals surface area contributed by atoms with Crippen LogP contribution in [0.2, 0.25) is 0 Å². The predicted molar refractivity (Wildman–Crippen MR) is 72.3 cm³/mol. The lowest BCUT2D eigenvalue weighted by molar-refractivity contribution is 0.452. The van der Waals surface area contributed by atoms with Crippen LogP contribution in [0.25, 0.3) is 0 Å². The average molecular weight is 260 g/mol. The third kappa shape index (κ3) is 3.29. The summed E-state index contributed by atoms with van der Waals surface area (Å²) in [6.07, 6.45) is 0. The third-order valence-corrected chi connectivity index (χ3v) is 3.04. The van der Waals surface area contributed by atoms with Crippen LogP contribution in [0.1, 0.15) is 29.9 Å². The van der Waals surface area contributed by atoms with Gasteiger partial charge >= 0.3 is 0 Å². The van der Waals surface area contributed by atoms with Crippen LogP contribution in [0.5, 0.6) is 5.75 Å². The minimum atomic E-state index is -0.232. The van der Waals surface area contributed by atoms with Crippen LogP contribution in [-0.4, -0.2) is 10.1 Å². The van der Waals surface area contributed by atoms with Crippen LogP contribution in [0.3, 0.4) is 0 Å². The Bertz CT molecular complexity index is 572. The fourth-order valence-corrected chi connectivity index (χ4v) is 1.92. The molecule has 0 aliphatic heterocycles. The number of pyridine rings is 1. The van der Waals surface area contributed by atoms with Gasteiger partial charge in [-0.15, -0.1) is 0 Å². The smallest absolute Gasteiger partial charge is 0.138 e. The number of aryl methyl sites for hydroxylation is 1. The topological polar surface area (TPSA) is 45.1 Å². The van der Waals surface area contributed by atoms with Gasteiger partial charge in [-0.1, -0.05) is 18.2 Å². The second kappa shape index (κ2) is 5.80. The van der Waals surface area contributed by atoms with Crippen LogP contribution in [-0.2, 0) is 6.54 Å². The van der Waals surface area contributed by atoms with E-state index in [1.807, 2.05) is 13.8 Å². The number of hydrogen-bond donors (Lipinski definition) is 2. The summed E-state index contributed by atoms with van der Waals surface area (Å²) in [6, 6.07) is 9.87. The first-order chi connectivity index (χ1) is 9.08. The van der Waals surface area contributed by atoms with Crippen molar-refractivity contribution in [1.82, 2.24) is 10.3 Å². The summed E-state index contributed by atoms with van der Waals surface area (Å²) in [5.74, 6) is -0.0808. The highest BCUT2D eigenvalue weighted by Crippen LogP contribution is 2.19. The molecule has 1 aromatic carbocycles. The summed E-state index contributed by atoms with van der Waals surface area (Å²) in [5, 5.41) is 12.9. The highest BCUT2D eigenvalue weighted by Gasteiger charge is 2.11. The highest BCUT2D eigenvalue weighted by atomic mass is 19.1. The molecule has 100 valence electrons. The van der Waals surface area contributed by atoms with E-state index in [1.54, 1.807) is 30.3 Å². The Kier molecular flexibility index (Phi) is 4.12. The van der Waals surface area contributed by atoms with Crippen molar-refractivity contribution in [2.45, 2.75) is 26.4 Å². The Hall–Kier alpha value is -1.94. The second-order valence-corrected chi connectivity index (χ2v) is 4.54. The van der Waals surface area contributed by atoms with Crippen molar-refractivity contribution in [2.24, 2.45) is 0 Å². The Balaban J connectivity index is 2.06. The van der Waals surface area contributed by atoms with Crippen LogP contribution in [0.4, 0.5) is 4.39 Å². The molecule has 0 unspecified atom stereocenters. The van der Waals surface area contributed by atoms with E-state index in [1.165, 1.54) is 6.07 Å². The summed E-state index contributed by atoms with van der Waals surface area (Å²) in [6.45, 7) is 4.14. The maximum absolute atomic E-state index is 13.6. The maximum atomic E-state index is 13.6. The second-order valence-electron chi connectivity index (χ2n) is 4.54. The number of benzene rings is 1. The molecule has 0 aliphatic rings. The molecule has 0 fully saturated rings. The minimum absolute atomic E-state index is 0.150. The molecule has 2 N–H and O–H groups in total. The molecular weight excluding hydrogens is 243 g/mol. The molecule has 4 heteroatoms. The molecule has 1 heterocycles. The van der Waals surface area contributed by atoms with E-state index in [9.17, 15) is 9.50 Å². The number of nitrogens with one attached hydrogen (secondary N) is 1. The highest BCUT2D eigenvalue weighted by molar-refractivity contribution is 5.28. The molecular formula is C15H17FN2O. The molecule has 0 amide bonds. The van der Waals surface area contributed by atoms with Crippen molar-refractivity contribution in [2.75, 3.05) is 0 Å². The quantitative estimate of drug-likeness (QED) is 0.888. The van der Waals surface area contributed by atoms with Gasteiger partial charge in [0.1, 0.15) is 11.6 Å². The molecule has 2 aromatic rings. The number of hydrogen-bond acceptors (Lipinski definition) is 3. The van der Waals surface area contributed by atoms with Gasteiger partial charge in [0.2, 0.25) is 0 Å². The number of aromatic nitrogens is 1.